The zero-order valence-electron chi connectivity index (χ0n) is 9.06. The number of aromatic nitrogens is 2. The van der Waals surface area contributed by atoms with E-state index in [1.807, 2.05) is 6.92 Å². The van der Waals surface area contributed by atoms with E-state index < -0.39 is 0 Å². The quantitative estimate of drug-likeness (QED) is 0.730. The van der Waals surface area contributed by atoms with Crippen molar-refractivity contribution in [3.63, 3.8) is 0 Å². The third-order valence-electron chi connectivity index (χ3n) is 2.04. The normalized spacial score (nSPS) is 11.8. The number of hydrogen-bond acceptors (Lipinski definition) is 3. The lowest BCUT2D eigenvalue weighted by atomic mass is 9.88. The first-order valence-electron chi connectivity index (χ1n) is 4.68. The summed E-state index contributed by atoms with van der Waals surface area (Å²) >= 11 is 6.01. The number of nitrogens with zero attached hydrogens (tertiary/aromatic N) is 2. The van der Waals surface area contributed by atoms with Crippen LogP contribution >= 0.6 is 11.6 Å². The monoisotopic (exact) mass is 213 g/mol. The van der Waals surface area contributed by atoms with E-state index in [-0.39, 0.29) is 11.4 Å². The van der Waals surface area contributed by atoms with Crippen molar-refractivity contribution in [2.75, 3.05) is 5.73 Å². The van der Waals surface area contributed by atoms with Crippen LogP contribution in [-0.4, -0.2) is 9.97 Å². The van der Waals surface area contributed by atoms with Gasteiger partial charge in [0.15, 0.2) is 0 Å². The molecule has 0 radical (unpaired) electrons. The van der Waals surface area contributed by atoms with Gasteiger partial charge in [0, 0.05) is 11.0 Å². The summed E-state index contributed by atoms with van der Waals surface area (Å²) in [5, 5.41) is 0.477. The van der Waals surface area contributed by atoms with Gasteiger partial charge in [0.05, 0.1) is 5.69 Å². The van der Waals surface area contributed by atoms with Crippen molar-refractivity contribution in [3.8, 4) is 0 Å². The number of hydrogen-bond donors (Lipinski definition) is 1. The van der Waals surface area contributed by atoms with Crippen LogP contribution in [0.15, 0.2) is 0 Å². The van der Waals surface area contributed by atoms with Crippen LogP contribution in [0, 0.1) is 0 Å². The van der Waals surface area contributed by atoms with Gasteiger partial charge in [0.1, 0.15) is 5.15 Å². The second kappa shape index (κ2) is 3.73. The van der Waals surface area contributed by atoms with Crippen LogP contribution in [0.2, 0.25) is 5.15 Å². The molecule has 78 valence electrons. The van der Waals surface area contributed by atoms with Gasteiger partial charge in [-0.1, -0.05) is 39.3 Å². The summed E-state index contributed by atoms with van der Waals surface area (Å²) in [5.41, 5.74) is 7.46. The summed E-state index contributed by atoms with van der Waals surface area (Å²) < 4.78 is 0. The van der Waals surface area contributed by atoms with E-state index in [9.17, 15) is 0 Å². The molecule has 0 amide bonds. The van der Waals surface area contributed by atoms with Crippen molar-refractivity contribution in [1.29, 1.82) is 0 Å². The topological polar surface area (TPSA) is 51.8 Å². The molecule has 0 saturated carbocycles. The first-order chi connectivity index (χ1) is 6.36. The van der Waals surface area contributed by atoms with Gasteiger partial charge in [-0.25, -0.2) is 9.97 Å². The summed E-state index contributed by atoms with van der Waals surface area (Å²) in [7, 11) is 0. The lowest BCUT2D eigenvalue weighted by molar-refractivity contribution is 0.560. The van der Waals surface area contributed by atoms with Gasteiger partial charge >= 0.3 is 0 Å². The van der Waals surface area contributed by atoms with Crippen molar-refractivity contribution in [1.82, 2.24) is 9.97 Å². The molecule has 1 heterocycles. The predicted octanol–water partition coefficient (Wildman–Crippen LogP) is 2.57. The van der Waals surface area contributed by atoms with Crippen LogP contribution in [-0.2, 0) is 11.8 Å². The van der Waals surface area contributed by atoms with Crippen LogP contribution in [0.1, 0.15) is 39.0 Å². The molecule has 1 aromatic heterocycles. The van der Waals surface area contributed by atoms with Crippen LogP contribution in [0.25, 0.3) is 0 Å². The van der Waals surface area contributed by atoms with Crippen molar-refractivity contribution < 1.29 is 0 Å². The minimum absolute atomic E-state index is 0.0496. The summed E-state index contributed by atoms with van der Waals surface area (Å²) in [4.78, 5) is 8.21. The molecule has 1 aromatic rings. The minimum atomic E-state index is -0.0496. The molecule has 2 N–H and O–H groups in total. The molecule has 1 rings (SSSR count). The molecule has 3 nitrogen and oxygen atoms in total. The fraction of sp³-hybridized carbons (Fsp3) is 0.600. The van der Waals surface area contributed by atoms with Crippen LogP contribution in [0.4, 0.5) is 5.95 Å². The lowest BCUT2D eigenvalue weighted by Gasteiger charge is -2.21. The van der Waals surface area contributed by atoms with E-state index in [2.05, 4.69) is 30.7 Å². The Kier molecular flexibility index (Phi) is 3.00. The molecule has 0 atom stereocenters. The lowest BCUT2D eigenvalue weighted by Crippen LogP contribution is -2.18. The van der Waals surface area contributed by atoms with E-state index in [1.54, 1.807) is 0 Å². The maximum atomic E-state index is 6.01. The zero-order valence-corrected chi connectivity index (χ0v) is 9.81. The second-order valence-corrected chi connectivity index (χ2v) is 4.66. The van der Waals surface area contributed by atoms with Gasteiger partial charge in [-0.05, 0) is 6.42 Å². The highest BCUT2D eigenvalue weighted by Gasteiger charge is 2.22. The first kappa shape index (κ1) is 11.2. The Hall–Kier alpha value is -0.830. The molecule has 0 fully saturated rings. The SMILES string of the molecule is CCc1c(Cl)nc(N)nc1C(C)(C)C. The molecule has 0 aliphatic rings. The average molecular weight is 214 g/mol. The predicted molar refractivity (Wildman–Crippen MR) is 59.5 cm³/mol. The number of anilines is 1. The highest BCUT2D eigenvalue weighted by Crippen LogP contribution is 2.28. The Morgan fingerprint density at radius 2 is 1.86 bits per heavy atom. The molecule has 0 bridgehead atoms. The Labute approximate surface area is 89.7 Å². The average Bonchev–Trinajstić information content (AvgIpc) is 2.01. The van der Waals surface area contributed by atoms with Gasteiger partial charge < -0.3 is 5.73 Å². The molecule has 0 saturated heterocycles. The second-order valence-electron chi connectivity index (χ2n) is 4.30. The fourth-order valence-corrected chi connectivity index (χ4v) is 1.72. The standard InChI is InChI=1S/C10H16ClN3/c1-5-6-7(10(2,3)4)13-9(12)14-8(6)11/h5H2,1-4H3,(H2,12,13,14). The Balaban J connectivity index is 3.40. The molecular formula is C10H16ClN3. The number of halogens is 1. The van der Waals surface area contributed by atoms with E-state index >= 15 is 0 Å². The van der Waals surface area contributed by atoms with Crippen molar-refractivity contribution in [3.05, 3.63) is 16.4 Å². The summed E-state index contributed by atoms with van der Waals surface area (Å²) in [5.74, 6) is 0.247. The Bertz CT molecular complexity index is 342. The smallest absolute Gasteiger partial charge is 0.221 e. The van der Waals surface area contributed by atoms with Crippen LogP contribution in [0.3, 0.4) is 0 Å². The van der Waals surface area contributed by atoms with E-state index in [1.165, 1.54) is 0 Å². The maximum absolute atomic E-state index is 6.01. The molecule has 0 aliphatic carbocycles. The molecule has 0 unspecified atom stereocenters. The number of rotatable bonds is 1. The first-order valence-corrected chi connectivity index (χ1v) is 5.06. The largest absolute Gasteiger partial charge is 0.368 e. The Morgan fingerprint density at radius 3 is 2.29 bits per heavy atom. The minimum Gasteiger partial charge on any atom is -0.368 e. The molecule has 0 spiro atoms. The van der Waals surface area contributed by atoms with E-state index in [0.717, 1.165) is 17.7 Å². The van der Waals surface area contributed by atoms with Gasteiger partial charge in [-0.2, -0.15) is 0 Å². The summed E-state index contributed by atoms with van der Waals surface area (Å²) in [6.07, 6.45) is 0.825. The molecular weight excluding hydrogens is 198 g/mol. The van der Waals surface area contributed by atoms with Gasteiger partial charge in [0.25, 0.3) is 0 Å². The highest BCUT2D eigenvalue weighted by atomic mass is 35.5. The number of nitrogen functional groups attached to an aromatic ring is 1. The van der Waals surface area contributed by atoms with Gasteiger partial charge in [0.2, 0.25) is 5.95 Å². The van der Waals surface area contributed by atoms with Crippen LogP contribution in [0.5, 0.6) is 0 Å². The summed E-state index contributed by atoms with van der Waals surface area (Å²) in [6.45, 7) is 8.30. The maximum Gasteiger partial charge on any atom is 0.221 e. The van der Waals surface area contributed by atoms with Crippen LogP contribution < -0.4 is 5.73 Å². The molecule has 14 heavy (non-hydrogen) atoms. The van der Waals surface area contributed by atoms with Crippen molar-refractivity contribution in [2.24, 2.45) is 0 Å². The molecule has 0 aromatic carbocycles. The van der Waals surface area contributed by atoms with Crippen molar-refractivity contribution >= 4 is 17.5 Å². The molecule has 0 aliphatic heterocycles. The van der Waals surface area contributed by atoms with E-state index in [0.29, 0.717) is 5.15 Å². The number of nitrogens with two attached hydrogens (primary N) is 1. The third kappa shape index (κ3) is 2.15. The zero-order chi connectivity index (χ0) is 10.9. The van der Waals surface area contributed by atoms with E-state index in [4.69, 9.17) is 17.3 Å². The Morgan fingerprint density at radius 1 is 1.29 bits per heavy atom. The fourth-order valence-electron chi connectivity index (χ4n) is 1.41. The third-order valence-corrected chi connectivity index (χ3v) is 2.35. The van der Waals surface area contributed by atoms with Gasteiger partial charge in [-0.15, -0.1) is 0 Å². The van der Waals surface area contributed by atoms with Gasteiger partial charge in [-0.3, -0.25) is 0 Å². The van der Waals surface area contributed by atoms with Crippen molar-refractivity contribution in [2.45, 2.75) is 39.5 Å². The summed E-state index contributed by atoms with van der Waals surface area (Å²) in [6, 6.07) is 0. The highest BCUT2D eigenvalue weighted by molar-refractivity contribution is 6.30. The molecule has 4 heteroatoms.